The lowest BCUT2D eigenvalue weighted by atomic mass is 10.0. The predicted molar refractivity (Wildman–Crippen MR) is 195 cm³/mol. The molecule has 1 heterocycles. The predicted octanol–water partition coefficient (Wildman–Crippen LogP) is -3.10. The van der Waals surface area contributed by atoms with E-state index in [1.54, 1.807) is 13.8 Å². The summed E-state index contributed by atoms with van der Waals surface area (Å²) in [5.74, 6) is -6.09. The molecule has 0 unspecified atom stereocenters. The van der Waals surface area contributed by atoms with Crippen molar-refractivity contribution in [1.82, 2.24) is 31.5 Å². The zero-order chi connectivity index (χ0) is 39.9. The Labute approximate surface area is 309 Å². The molecule has 0 aromatic rings. The minimum absolute atomic E-state index is 0.0306. The highest BCUT2D eigenvalue weighted by Crippen LogP contribution is 2.20. The van der Waals surface area contributed by atoms with Crippen LogP contribution < -0.4 is 43.8 Å². The van der Waals surface area contributed by atoms with E-state index in [2.05, 4.69) is 44.2 Å². The van der Waals surface area contributed by atoms with Gasteiger partial charge in [0.1, 0.15) is 36.3 Å². The maximum Gasteiger partial charge on any atom is 0.326 e. The molecule has 1 saturated heterocycles. The molecule has 0 aromatic carbocycles. The minimum Gasteiger partial charge on any atom is -0.480 e. The second kappa shape index (κ2) is 22.0. The van der Waals surface area contributed by atoms with Gasteiger partial charge in [-0.05, 0) is 57.8 Å². The number of nitrogens with zero attached hydrogens (tertiary/aromatic N) is 2. The number of carboxylic acids is 1. The molecule has 13 N–H and O–H groups in total. The number of rotatable bonds is 21. The van der Waals surface area contributed by atoms with Gasteiger partial charge in [-0.25, -0.2) is 4.79 Å². The summed E-state index contributed by atoms with van der Waals surface area (Å²) in [7, 11) is 0. The molecule has 1 fully saturated rings. The molecule has 19 nitrogen and oxygen atoms in total. The number of amides is 6. The van der Waals surface area contributed by atoms with Gasteiger partial charge < -0.3 is 58.9 Å². The molecule has 0 aromatic heterocycles. The third-order valence-electron chi connectivity index (χ3n) is 8.32. The Bertz CT molecular complexity index is 1290. The van der Waals surface area contributed by atoms with E-state index >= 15 is 0 Å². The summed E-state index contributed by atoms with van der Waals surface area (Å²) < 4.78 is 0. The first-order chi connectivity index (χ1) is 24.2. The summed E-state index contributed by atoms with van der Waals surface area (Å²) >= 11 is 4.00. The van der Waals surface area contributed by atoms with Crippen molar-refractivity contribution in [3.05, 3.63) is 0 Å². The van der Waals surface area contributed by atoms with Crippen LogP contribution in [0, 0.1) is 11.8 Å². The summed E-state index contributed by atoms with van der Waals surface area (Å²) in [6.07, 6.45) is -0.257. The zero-order valence-electron chi connectivity index (χ0n) is 30.8. The molecule has 0 spiro atoms. The molecule has 1 aliphatic rings. The first-order valence-corrected chi connectivity index (χ1v) is 18.0. The molecular weight excluding hydrogens is 700 g/mol. The van der Waals surface area contributed by atoms with Crippen molar-refractivity contribution in [3.63, 3.8) is 0 Å². The molecule has 0 saturated carbocycles. The number of hydrogen-bond acceptors (Lipinski definition) is 11. The van der Waals surface area contributed by atoms with Gasteiger partial charge in [-0.15, -0.1) is 0 Å². The number of likely N-dealkylation sites (tertiary alicyclic amines) is 1. The van der Waals surface area contributed by atoms with Crippen molar-refractivity contribution in [3.8, 4) is 0 Å². The van der Waals surface area contributed by atoms with Gasteiger partial charge >= 0.3 is 5.97 Å². The Kier molecular flexibility index (Phi) is 19.4. The van der Waals surface area contributed by atoms with E-state index in [0.29, 0.717) is 6.42 Å². The average Bonchev–Trinajstić information content (AvgIpc) is 3.55. The van der Waals surface area contributed by atoms with Gasteiger partial charge in [0.15, 0.2) is 5.96 Å². The van der Waals surface area contributed by atoms with E-state index in [9.17, 15) is 43.8 Å². The highest BCUT2D eigenvalue weighted by Gasteiger charge is 2.41. The quantitative estimate of drug-likeness (QED) is 0.0240. The SMILES string of the molecule is CC(C)C[C@H](NC(=O)[C@H](C)NC(=O)[C@@H]1CCCN1C(=O)[C@@H](NC(=O)[C@@H](NC(=O)[C@@H](N)CS)C(C)C)[C@@H](C)O)C(=O)N[C@@H](CCCN=C(N)N)C(=O)O. The number of nitrogens with one attached hydrogen (secondary N) is 5. The smallest absolute Gasteiger partial charge is 0.326 e. The van der Waals surface area contributed by atoms with Gasteiger partial charge in [0.2, 0.25) is 35.4 Å². The molecule has 8 atom stereocenters. The Hall–Kier alpha value is -4.17. The number of carboxylic acid groups (broad SMARTS) is 1. The number of aliphatic carboxylic acids is 1. The van der Waals surface area contributed by atoms with Crippen LogP contribution in [-0.2, 0) is 33.6 Å². The van der Waals surface area contributed by atoms with Crippen molar-refractivity contribution >= 4 is 60.0 Å². The number of aliphatic hydroxyl groups is 1. The van der Waals surface area contributed by atoms with Crippen LogP contribution >= 0.6 is 12.6 Å². The molecule has 0 radical (unpaired) electrons. The first-order valence-electron chi connectivity index (χ1n) is 17.4. The molecular formula is C32H58N10O9S. The van der Waals surface area contributed by atoms with Crippen LogP contribution in [0.25, 0.3) is 0 Å². The van der Waals surface area contributed by atoms with Crippen LogP contribution in [0.5, 0.6) is 0 Å². The van der Waals surface area contributed by atoms with Gasteiger partial charge in [-0.2, -0.15) is 12.6 Å². The Morgan fingerprint density at radius 1 is 0.846 bits per heavy atom. The number of carbonyl (C=O) groups is 7. The molecule has 52 heavy (non-hydrogen) atoms. The number of hydrogen-bond donors (Lipinski definition) is 11. The number of carbonyl (C=O) groups excluding carboxylic acids is 6. The maximum absolute atomic E-state index is 13.7. The van der Waals surface area contributed by atoms with E-state index in [1.165, 1.54) is 18.7 Å². The van der Waals surface area contributed by atoms with Crippen LogP contribution in [0.15, 0.2) is 4.99 Å². The van der Waals surface area contributed by atoms with Crippen molar-refractivity contribution in [2.24, 2.45) is 34.0 Å². The van der Waals surface area contributed by atoms with Gasteiger partial charge in [0, 0.05) is 18.8 Å². The highest BCUT2D eigenvalue weighted by molar-refractivity contribution is 7.80. The lowest BCUT2D eigenvalue weighted by molar-refractivity contribution is -0.145. The van der Waals surface area contributed by atoms with Crippen LogP contribution in [0.1, 0.15) is 73.6 Å². The van der Waals surface area contributed by atoms with E-state index in [-0.39, 0.29) is 56.4 Å². The number of thiol groups is 1. The summed E-state index contributed by atoms with van der Waals surface area (Å²) in [5.41, 5.74) is 16.3. The number of guanidine groups is 1. The molecule has 296 valence electrons. The lowest BCUT2D eigenvalue weighted by Crippen LogP contribution is -2.61. The van der Waals surface area contributed by atoms with Crippen molar-refractivity contribution in [2.45, 2.75) is 122 Å². The second-order valence-electron chi connectivity index (χ2n) is 13.7. The minimum atomic E-state index is -1.46. The summed E-state index contributed by atoms with van der Waals surface area (Å²) in [4.78, 5) is 95.8. The molecule has 20 heteroatoms. The highest BCUT2D eigenvalue weighted by atomic mass is 32.1. The van der Waals surface area contributed by atoms with E-state index in [0.717, 1.165) is 0 Å². The van der Waals surface area contributed by atoms with Gasteiger partial charge in [-0.3, -0.25) is 33.8 Å². The van der Waals surface area contributed by atoms with Crippen molar-refractivity contribution in [2.75, 3.05) is 18.8 Å². The first kappa shape index (κ1) is 45.9. The van der Waals surface area contributed by atoms with Crippen LogP contribution in [0.3, 0.4) is 0 Å². The van der Waals surface area contributed by atoms with Crippen LogP contribution in [0.2, 0.25) is 0 Å². The standard InChI is InChI=1S/C32H58N10O9S/c1-15(2)13-21(27(46)38-20(31(50)51)9-7-11-36-32(34)35)39-25(44)17(5)37-28(47)22-10-8-12-42(22)30(49)24(18(6)43)41-29(48)23(16(3)4)40-26(45)19(33)14-52/h15-24,43,52H,7-14,33H2,1-6H3,(H,37,47)(H,38,46)(H,39,44)(H,40,45)(H,41,48)(H,50,51)(H4,34,35,36)/t17-,18+,19-,20-,21-,22-,23-,24-/m0/s1. The molecule has 0 bridgehead atoms. The Morgan fingerprint density at radius 2 is 1.44 bits per heavy atom. The number of aliphatic imine (C=N–C) groups is 1. The molecule has 1 rings (SSSR count). The third kappa shape index (κ3) is 14.8. The fourth-order valence-electron chi connectivity index (χ4n) is 5.40. The van der Waals surface area contributed by atoms with E-state index < -0.39 is 95.7 Å². The Balaban J connectivity index is 3.01. The summed E-state index contributed by atoms with van der Waals surface area (Å²) in [5, 5.41) is 32.8. The maximum atomic E-state index is 13.7. The van der Waals surface area contributed by atoms with Crippen LogP contribution in [-0.4, -0.2) is 130 Å². The largest absolute Gasteiger partial charge is 0.480 e. The zero-order valence-corrected chi connectivity index (χ0v) is 31.7. The average molecular weight is 759 g/mol. The summed E-state index contributed by atoms with van der Waals surface area (Å²) in [6, 6.07) is -8.13. The molecule has 0 aliphatic carbocycles. The van der Waals surface area contributed by atoms with Crippen molar-refractivity contribution in [1.29, 1.82) is 0 Å². The van der Waals surface area contributed by atoms with E-state index in [1.807, 2.05) is 13.8 Å². The topological polar surface area (TPSA) is 314 Å². The fraction of sp³-hybridized carbons (Fsp3) is 0.750. The summed E-state index contributed by atoms with van der Waals surface area (Å²) in [6.45, 7) is 9.97. The van der Waals surface area contributed by atoms with Gasteiger partial charge in [-0.1, -0.05) is 27.7 Å². The van der Waals surface area contributed by atoms with E-state index in [4.69, 9.17) is 17.2 Å². The molecule has 6 amide bonds. The Morgan fingerprint density at radius 3 is 1.96 bits per heavy atom. The number of nitrogens with two attached hydrogens (primary N) is 3. The second-order valence-corrected chi connectivity index (χ2v) is 14.1. The van der Waals surface area contributed by atoms with Crippen LogP contribution in [0.4, 0.5) is 0 Å². The normalized spacial score (nSPS) is 18.2. The third-order valence-corrected chi connectivity index (χ3v) is 8.71. The monoisotopic (exact) mass is 758 g/mol. The fourth-order valence-corrected chi connectivity index (χ4v) is 5.57. The van der Waals surface area contributed by atoms with Gasteiger partial charge in [0.25, 0.3) is 0 Å². The van der Waals surface area contributed by atoms with Gasteiger partial charge in [0.05, 0.1) is 12.1 Å². The number of aliphatic hydroxyl groups excluding tert-OH is 1. The molecule has 1 aliphatic heterocycles. The van der Waals surface area contributed by atoms with Crippen molar-refractivity contribution < 1.29 is 43.8 Å². The lowest BCUT2D eigenvalue weighted by Gasteiger charge is -2.32.